The number of fused-ring (bicyclic) bond motifs is 1. The lowest BCUT2D eigenvalue weighted by atomic mass is 9.95. The van der Waals surface area contributed by atoms with Crippen LogP contribution in [0.3, 0.4) is 0 Å². The summed E-state index contributed by atoms with van der Waals surface area (Å²) in [6.45, 7) is 7.34. The van der Waals surface area contributed by atoms with Crippen LogP contribution in [0.1, 0.15) is 54.5 Å². The van der Waals surface area contributed by atoms with Crippen molar-refractivity contribution >= 4 is 11.8 Å². The number of rotatable bonds is 5. The van der Waals surface area contributed by atoms with Crippen molar-refractivity contribution in [2.24, 2.45) is 5.92 Å². The summed E-state index contributed by atoms with van der Waals surface area (Å²) >= 11 is 0. The van der Waals surface area contributed by atoms with Crippen molar-refractivity contribution in [2.75, 3.05) is 26.2 Å². The van der Waals surface area contributed by atoms with Crippen LogP contribution in [0.4, 0.5) is 4.39 Å². The summed E-state index contributed by atoms with van der Waals surface area (Å²) in [7, 11) is 0. The van der Waals surface area contributed by atoms with E-state index in [0.29, 0.717) is 51.3 Å². The van der Waals surface area contributed by atoms with E-state index in [0.717, 1.165) is 11.3 Å². The number of imidazole rings is 1. The Morgan fingerprint density at radius 1 is 1.16 bits per heavy atom. The number of aromatic nitrogens is 2. The summed E-state index contributed by atoms with van der Waals surface area (Å²) in [5.74, 6) is -0.207. The highest BCUT2D eigenvalue weighted by atomic mass is 19.1. The lowest BCUT2D eigenvalue weighted by molar-refractivity contribution is -0.136. The van der Waals surface area contributed by atoms with Gasteiger partial charge in [0.1, 0.15) is 11.9 Å². The largest absolute Gasteiger partial charge is 0.365 e. The third-order valence-electron chi connectivity index (χ3n) is 6.38. The Morgan fingerprint density at radius 2 is 1.84 bits per heavy atom. The van der Waals surface area contributed by atoms with Gasteiger partial charge in [0.05, 0.1) is 25.2 Å². The van der Waals surface area contributed by atoms with Gasteiger partial charge in [0.2, 0.25) is 5.91 Å². The van der Waals surface area contributed by atoms with Gasteiger partial charge in [-0.25, -0.2) is 9.37 Å². The molecule has 8 heteroatoms. The van der Waals surface area contributed by atoms with Gasteiger partial charge in [0.25, 0.3) is 5.91 Å². The number of hydrogen-bond acceptors (Lipinski definition) is 4. The fourth-order valence-electron chi connectivity index (χ4n) is 4.46. The van der Waals surface area contributed by atoms with Crippen molar-refractivity contribution < 1.29 is 18.7 Å². The molecule has 166 valence electrons. The predicted molar refractivity (Wildman–Crippen MR) is 113 cm³/mol. The average Bonchev–Trinajstić information content (AvgIpc) is 3.23. The highest BCUT2D eigenvalue weighted by Gasteiger charge is 2.33. The van der Waals surface area contributed by atoms with Gasteiger partial charge in [-0.3, -0.25) is 9.59 Å². The minimum absolute atomic E-state index is 0.0142. The van der Waals surface area contributed by atoms with Crippen LogP contribution in [0, 0.1) is 11.7 Å². The highest BCUT2D eigenvalue weighted by Crippen LogP contribution is 2.29. The molecule has 0 unspecified atom stereocenters. The summed E-state index contributed by atoms with van der Waals surface area (Å²) in [5, 5.41) is 0. The smallest absolute Gasteiger partial charge is 0.274 e. The van der Waals surface area contributed by atoms with Gasteiger partial charge in [-0.15, -0.1) is 0 Å². The number of piperidine rings is 1. The van der Waals surface area contributed by atoms with Crippen molar-refractivity contribution in [2.45, 2.75) is 45.9 Å². The number of benzene rings is 1. The molecule has 2 amide bonds. The maximum absolute atomic E-state index is 13.2. The minimum Gasteiger partial charge on any atom is -0.365 e. The van der Waals surface area contributed by atoms with E-state index in [1.54, 1.807) is 23.4 Å². The Kier molecular flexibility index (Phi) is 6.36. The number of carbonyl (C=O) groups is 2. The van der Waals surface area contributed by atoms with Crippen LogP contribution >= 0.6 is 0 Å². The molecule has 0 spiro atoms. The molecular weight excluding hydrogens is 399 g/mol. The number of carbonyl (C=O) groups excluding carboxylic acids is 2. The number of likely N-dealkylation sites (tertiary alicyclic amines) is 1. The van der Waals surface area contributed by atoms with E-state index in [9.17, 15) is 14.0 Å². The molecule has 1 fully saturated rings. The Labute approximate surface area is 181 Å². The minimum atomic E-state index is -0.279. The lowest BCUT2D eigenvalue weighted by Gasteiger charge is -2.33. The van der Waals surface area contributed by atoms with Crippen LogP contribution in [-0.4, -0.2) is 57.3 Å². The number of ether oxygens (including phenoxy) is 1. The SMILES string of the molecule is CCN(CC)C(=O)C1CCN(C(=O)c2ncn3c2CO[C@@H](c2ccc(F)cc2)C3)CC1. The van der Waals surface area contributed by atoms with Crippen molar-refractivity contribution in [1.82, 2.24) is 19.4 Å². The van der Waals surface area contributed by atoms with E-state index >= 15 is 0 Å². The van der Waals surface area contributed by atoms with Crippen LogP contribution < -0.4 is 0 Å². The van der Waals surface area contributed by atoms with E-state index in [1.807, 2.05) is 23.3 Å². The Morgan fingerprint density at radius 3 is 2.48 bits per heavy atom. The maximum atomic E-state index is 13.2. The molecule has 2 aliphatic heterocycles. The second kappa shape index (κ2) is 9.18. The number of amides is 2. The molecule has 1 aromatic carbocycles. The molecule has 2 aliphatic rings. The van der Waals surface area contributed by atoms with Gasteiger partial charge in [-0.05, 0) is 44.4 Å². The van der Waals surface area contributed by atoms with E-state index < -0.39 is 0 Å². The van der Waals surface area contributed by atoms with Crippen molar-refractivity contribution in [3.05, 3.63) is 53.4 Å². The number of halogens is 1. The summed E-state index contributed by atoms with van der Waals surface area (Å²) in [6.07, 6.45) is 2.84. The van der Waals surface area contributed by atoms with Gasteiger partial charge in [0, 0.05) is 32.1 Å². The zero-order valence-corrected chi connectivity index (χ0v) is 18.1. The zero-order valence-electron chi connectivity index (χ0n) is 18.1. The molecule has 0 aliphatic carbocycles. The lowest BCUT2D eigenvalue weighted by Crippen LogP contribution is -2.44. The van der Waals surface area contributed by atoms with Gasteiger partial charge < -0.3 is 19.1 Å². The fourth-order valence-corrected chi connectivity index (χ4v) is 4.46. The predicted octanol–water partition coefficient (Wildman–Crippen LogP) is 3.01. The molecule has 0 saturated carbocycles. The maximum Gasteiger partial charge on any atom is 0.274 e. The Balaban J connectivity index is 1.39. The molecule has 0 radical (unpaired) electrons. The molecule has 7 nitrogen and oxygen atoms in total. The van der Waals surface area contributed by atoms with Crippen molar-refractivity contribution in [3.8, 4) is 0 Å². The first-order chi connectivity index (χ1) is 15.0. The van der Waals surface area contributed by atoms with Gasteiger partial charge in [0.15, 0.2) is 5.69 Å². The molecule has 4 rings (SSSR count). The van der Waals surface area contributed by atoms with Gasteiger partial charge >= 0.3 is 0 Å². The second-order valence-electron chi connectivity index (χ2n) is 8.12. The summed E-state index contributed by atoms with van der Waals surface area (Å²) in [4.78, 5) is 33.7. The van der Waals surface area contributed by atoms with E-state index in [1.165, 1.54) is 12.1 Å². The Hall–Kier alpha value is -2.74. The quantitative estimate of drug-likeness (QED) is 0.734. The van der Waals surface area contributed by atoms with Crippen LogP contribution in [0.15, 0.2) is 30.6 Å². The molecule has 0 N–H and O–H groups in total. The third kappa shape index (κ3) is 4.35. The van der Waals surface area contributed by atoms with Crippen LogP contribution in [0.25, 0.3) is 0 Å². The van der Waals surface area contributed by atoms with Gasteiger partial charge in [-0.1, -0.05) is 12.1 Å². The molecule has 1 aromatic heterocycles. The molecule has 1 atom stereocenters. The zero-order chi connectivity index (χ0) is 22.0. The Bertz CT molecular complexity index is 931. The number of nitrogens with zero attached hydrogens (tertiary/aromatic N) is 4. The first-order valence-corrected chi connectivity index (χ1v) is 11.0. The standard InChI is InChI=1S/C23H29FN4O3/c1-3-26(4-2)22(29)17-9-11-27(12-10-17)23(30)21-19-14-31-20(13-28(19)15-25-21)16-5-7-18(24)8-6-16/h5-8,15,17,20H,3-4,9-14H2,1-2H3/t20-/m1/s1. The second-order valence-corrected chi connectivity index (χ2v) is 8.12. The first-order valence-electron chi connectivity index (χ1n) is 11.0. The summed E-state index contributed by atoms with van der Waals surface area (Å²) in [5.41, 5.74) is 2.09. The normalized spacial score (nSPS) is 19.2. The van der Waals surface area contributed by atoms with Gasteiger partial charge in [-0.2, -0.15) is 0 Å². The van der Waals surface area contributed by atoms with Crippen LogP contribution in [0.5, 0.6) is 0 Å². The summed E-state index contributed by atoms with van der Waals surface area (Å²) in [6, 6.07) is 6.28. The topological polar surface area (TPSA) is 67.7 Å². The number of hydrogen-bond donors (Lipinski definition) is 0. The third-order valence-corrected chi connectivity index (χ3v) is 6.38. The fraction of sp³-hybridized carbons (Fsp3) is 0.522. The van der Waals surface area contributed by atoms with Crippen LogP contribution in [-0.2, 0) is 22.7 Å². The first kappa shape index (κ1) is 21.5. The summed E-state index contributed by atoms with van der Waals surface area (Å²) < 4.78 is 21.1. The highest BCUT2D eigenvalue weighted by molar-refractivity contribution is 5.93. The van der Waals surface area contributed by atoms with E-state index in [-0.39, 0.29) is 36.3 Å². The molecular formula is C23H29FN4O3. The van der Waals surface area contributed by atoms with E-state index in [4.69, 9.17) is 4.74 Å². The van der Waals surface area contributed by atoms with Crippen LogP contribution in [0.2, 0.25) is 0 Å². The average molecular weight is 429 g/mol. The molecule has 2 aromatic rings. The molecule has 1 saturated heterocycles. The monoisotopic (exact) mass is 428 g/mol. The molecule has 0 bridgehead atoms. The van der Waals surface area contributed by atoms with Crippen molar-refractivity contribution in [3.63, 3.8) is 0 Å². The molecule has 31 heavy (non-hydrogen) atoms. The molecule has 3 heterocycles. The van der Waals surface area contributed by atoms with E-state index in [2.05, 4.69) is 4.98 Å². The van der Waals surface area contributed by atoms with Crippen molar-refractivity contribution in [1.29, 1.82) is 0 Å².